The van der Waals surface area contributed by atoms with E-state index in [1.807, 2.05) is 28.9 Å². The van der Waals surface area contributed by atoms with E-state index in [4.69, 9.17) is 4.74 Å². The van der Waals surface area contributed by atoms with Crippen molar-refractivity contribution >= 4 is 0 Å². The first-order chi connectivity index (χ1) is 8.16. The second-order valence-corrected chi connectivity index (χ2v) is 4.32. The molecule has 0 saturated heterocycles. The van der Waals surface area contributed by atoms with Crippen LogP contribution < -0.4 is 4.74 Å². The molecule has 0 aliphatic heterocycles. The monoisotopic (exact) mass is 231 g/mol. The van der Waals surface area contributed by atoms with Gasteiger partial charge < -0.3 is 4.74 Å². The van der Waals surface area contributed by atoms with Crippen molar-refractivity contribution in [3.05, 3.63) is 42.0 Å². The molecule has 0 saturated carbocycles. The maximum Gasteiger partial charge on any atom is 0.165 e. The van der Waals surface area contributed by atoms with Crippen molar-refractivity contribution in [2.45, 2.75) is 33.4 Å². The molecule has 0 amide bonds. The molecule has 0 aliphatic rings. The Kier molecular flexibility index (Phi) is 3.42. The molecule has 4 heteroatoms. The molecule has 0 unspecified atom stereocenters. The number of ether oxygens (including phenoxy) is 1. The van der Waals surface area contributed by atoms with Gasteiger partial charge in [-0.05, 0) is 32.9 Å². The molecular weight excluding hydrogens is 214 g/mol. The third-order valence-corrected chi connectivity index (χ3v) is 2.53. The van der Waals surface area contributed by atoms with Crippen molar-refractivity contribution in [2.24, 2.45) is 0 Å². The minimum Gasteiger partial charge on any atom is -0.486 e. The summed E-state index contributed by atoms with van der Waals surface area (Å²) in [5.41, 5.74) is 1.22. The van der Waals surface area contributed by atoms with Gasteiger partial charge in [0.05, 0.1) is 0 Å². The topological polar surface area (TPSA) is 39.9 Å². The number of aryl methyl sites for hydroxylation is 1. The zero-order chi connectivity index (χ0) is 12.3. The zero-order valence-electron chi connectivity index (χ0n) is 10.4. The Hall–Kier alpha value is -1.84. The summed E-state index contributed by atoms with van der Waals surface area (Å²) in [4.78, 5) is 4.20. The van der Waals surface area contributed by atoms with Gasteiger partial charge in [-0.1, -0.05) is 17.7 Å². The van der Waals surface area contributed by atoms with Crippen LogP contribution in [0.1, 0.15) is 31.3 Å². The first-order valence-corrected chi connectivity index (χ1v) is 5.74. The lowest BCUT2D eigenvalue weighted by atomic mass is 10.2. The van der Waals surface area contributed by atoms with Gasteiger partial charge >= 0.3 is 0 Å². The number of rotatable bonds is 4. The van der Waals surface area contributed by atoms with Gasteiger partial charge in [0.15, 0.2) is 5.82 Å². The molecule has 1 heterocycles. The van der Waals surface area contributed by atoms with Crippen LogP contribution in [0, 0.1) is 6.92 Å². The highest BCUT2D eigenvalue weighted by atomic mass is 16.5. The summed E-state index contributed by atoms with van der Waals surface area (Å²) in [7, 11) is 0. The van der Waals surface area contributed by atoms with Gasteiger partial charge in [-0.3, -0.25) is 0 Å². The molecule has 0 aliphatic carbocycles. The normalized spacial score (nSPS) is 10.8. The van der Waals surface area contributed by atoms with E-state index in [-0.39, 0.29) is 0 Å². The zero-order valence-corrected chi connectivity index (χ0v) is 10.4. The predicted octanol–water partition coefficient (Wildman–Crippen LogP) is 2.75. The first-order valence-electron chi connectivity index (χ1n) is 5.74. The van der Waals surface area contributed by atoms with Crippen LogP contribution in [0.3, 0.4) is 0 Å². The first kappa shape index (κ1) is 11.6. The lowest BCUT2D eigenvalue weighted by Crippen LogP contribution is -2.10. The molecule has 0 radical (unpaired) electrons. The number of nitrogens with zero attached hydrogens (tertiary/aromatic N) is 3. The average Bonchev–Trinajstić information content (AvgIpc) is 2.76. The van der Waals surface area contributed by atoms with Gasteiger partial charge in [0.1, 0.15) is 18.7 Å². The smallest absolute Gasteiger partial charge is 0.165 e. The van der Waals surface area contributed by atoms with Crippen LogP contribution in [0.2, 0.25) is 0 Å². The Morgan fingerprint density at radius 3 is 2.59 bits per heavy atom. The maximum atomic E-state index is 5.67. The summed E-state index contributed by atoms with van der Waals surface area (Å²) < 4.78 is 7.54. The minimum atomic E-state index is 0.300. The standard InChI is InChI=1S/C13H17N3O/c1-10(2)16-13(14-9-15-16)8-17-12-6-4-11(3)5-7-12/h4-7,9-10H,8H2,1-3H3. The maximum absolute atomic E-state index is 5.67. The Labute approximate surface area is 101 Å². The third-order valence-electron chi connectivity index (χ3n) is 2.53. The molecule has 1 aromatic heterocycles. The highest BCUT2D eigenvalue weighted by Crippen LogP contribution is 2.14. The van der Waals surface area contributed by atoms with E-state index in [0.717, 1.165) is 11.6 Å². The molecule has 0 N–H and O–H groups in total. The van der Waals surface area contributed by atoms with Crippen LogP contribution in [0.25, 0.3) is 0 Å². The second kappa shape index (κ2) is 4.99. The summed E-state index contributed by atoms with van der Waals surface area (Å²) in [6.45, 7) is 6.65. The van der Waals surface area contributed by atoms with E-state index in [2.05, 4.69) is 30.9 Å². The van der Waals surface area contributed by atoms with Gasteiger partial charge in [0, 0.05) is 6.04 Å². The Morgan fingerprint density at radius 1 is 1.24 bits per heavy atom. The fourth-order valence-corrected chi connectivity index (χ4v) is 1.59. The van der Waals surface area contributed by atoms with Crippen LogP contribution >= 0.6 is 0 Å². The average molecular weight is 231 g/mol. The van der Waals surface area contributed by atoms with Gasteiger partial charge in [-0.2, -0.15) is 5.10 Å². The summed E-state index contributed by atoms with van der Waals surface area (Å²) in [6.07, 6.45) is 1.56. The summed E-state index contributed by atoms with van der Waals surface area (Å²) in [5, 5.41) is 4.17. The quantitative estimate of drug-likeness (QED) is 0.812. The molecule has 4 nitrogen and oxygen atoms in total. The molecule has 2 rings (SSSR count). The second-order valence-electron chi connectivity index (χ2n) is 4.32. The summed E-state index contributed by atoms with van der Waals surface area (Å²) in [6, 6.07) is 8.29. The molecule has 90 valence electrons. The molecule has 1 aromatic carbocycles. The van der Waals surface area contributed by atoms with Crippen LogP contribution in [0.5, 0.6) is 5.75 Å². The number of hydrogen-bond donors (Lipinski definition) is 0. The van der Waals surface area contributed by atoms with Gasteiger partial charge in [-0.15, -0.1) is 0 Å². The molecule has 0 fully saturated rings. The van der Waals surface area contributed by atoms with E-state index in [9.17, 15) is 0 Å². The van der Waals surface area contributed by atoms with Crippen molar-refractivity contribution in [3.63, 3.8) is 0 Å². The molecule has 17 heavy (non-hydrogen) atoms. The van der Waals surface area contributed by atoms with E-state index in [1.165, 1.54) is 5.56 Å². The fraction of sp³-hybridized carbons (Fsp3) is 0.385. The Morgan fingerprint density at radius 2 is 1.94 bits per heavy atom. The minimum absolute atomic E-state index is 0.300. The Balaban J connectivity index is 2.02. The van der Waals surface area contributed by atoms with Crippen LogP contribution in [-0.2, 0) is 6.61 Å². The fourth-order valence-electron chi connectivity index (χ4n) is 1.59. The van der Waals surface area contributed by atoms with Crippen LogP contribution in [-0.4, -0.2) is 14.8 Å². The lowest BCUT2D eigenvalue weighted by molar-refractivity contribution is 0.282. The SMILES string of the molecule is Cc1ccc(OCc2ncnn2C(C)C)cc1. The van der Waals surface area contributed by atoms with Gasteiger partial charge in [-0.25, -0.2) is 9.67 Å². The van der Waals surface area contributed by atoms with Crippen molar-refractivity contribution in [3.8, 4) is 5.75 Å². The van der Waals surface area contributed by atoms with E-state index < -0.39 is 0 Å². The third kappa shape index (κ3) is 2.84. The molecular formula is C13H17N3O. The van der Waals surface area contributed by atoms with E-state index >= 15 is 0 Å². The molecule has 2 aromatic rings. The highest BCUT2D eigenvalue weighted by molar-refractivity contribution is 5.26. The van der Waals surface area contributed by atoms with Crippen LogP contribution in [0.15, 0.2) is 30.6 Å². The van der Waals surface area contributed by atoms with Crippen molar-refractivity contribution in [2.75, 3.05) is 0 Å². The van der Waals surface area contributed by atoms with Crippen molar-refractivity contribution < 1.29 is 4.74 Å². The lowest BCUT2D eigenvalue weighted by Gasteiger charge is -2.10. The molecule has 0 spiro atoms. The number of hydrogen-bond acceptors (Lipinski definition) is 3. The van der Waals surface area contributed by atoms with Crippen molar-refractivity contribution in [1.82, 2.24) is 14.8 Å². The number of benzene rings is 1. The molecule has 0 bridgehead atoms. The summed E-state index contributed by atoms with van der Waals surface area (Å²) in [5.74, 6) is 1.70. The largest absolute Gasteiger partial charge is 0.486 e. The number of aromatic nitrogens is 3. The summed E-state index contributed by atoms with van der Waals surface area (Å²) >= 11 is 0. The van der Waals surface area contributed by atoms with Gasteiger partial charge in [0.2, 0.25) is 0 Å². The van der Waals surface area contributed by atoms with Gasteiger partial charge in [0.25, 0.3) is 0 Å². The van der Waals surface area contributed by atoms with Crippen molar-refractivity contribution in [1.29, 1.82) is 0 Å². The van der Waals surface area contributed by atoms with E-state index in [1.54, 1.807) is 6.33 Å². The molecule has 0 atom stereocenters. The van der Waals surface area contributed by atoms with Crippen LogP contribution in [0.4, 0.5) is 0 Å². The highest BCUT2D eigenvalue weighted by Gasteiger charge is 2.07. The predicted molar refractivity (Wildman–Crippen MR) is 65.9 cm³/mol. The van der Waals surface area contributed by atoms with E-state index in [0.29, 0.717) is 12.6 Å². The Bertz CT molecular complexity index is 474.